The molecule has 0 radical (unpaired) electrons. The molecule has 4 heteroatoms. The minimum atomic E-state index is -0.821. The average Bonchev–Trinajstić information content (AvgIpc) is 2.12. The second kappa shape index (κ2) is 7.43. The summed E-state index contributed by atoms with van der Waals surface area (Å²) in [6, 6.07) is 0.115. The Morgan fingerprint density at radius 3 is 2.53 bits per heavy atom. The lowest BCUT2D eigenvalue weighted by molar-refractivity contribution is -0.139. The minimum absolute atomic E-state index is 0.0260. The zero-order valence-corrected chi connectivity index (χ0v) is 9.77. The Labute approximate surface area is 91.5 Å². The molecule has 15 heavy (non-hydrogen) atoms. The molecule has 0 fully saturated rings. The third-order valence-electron chi connectivity index (χ3n) is 2.28. The summed E-state index contributed by atoms with van der Waals surface area (Å²) in [5.74, 6) is -0.470. The lowest BCUT2D eigenvalue weighted by Crippen LogP contribution is -2.44. The van der Waals surface area contributed by atoms with Crippen molar-refractivity contribution < 1.29 is 14.6 Å². The van der Waals surface area contributed by atoms with Crippen molar-refractivity contribution in [1.82, 2.24) is 4.90 Å². The van der Waals surface area contributed by atoms with Crippen LogP contribution in [0.2, 0.25) is 0 Å². The number of methoxy groups -OCH3 is 1. The zero-order valence-electron chi connectivity index (χ0n) is 9.77. The van der Waals surface area contributed by atoms with Gasteiger partial charge in [-0.1, -0.05) is 19.9 Å². The SMILES string of the molecule is C=CCN(CC(=O)O)C(COC)C(C)C. The van der Waals surface area contributed by atoms with Gasteiger partial charge in [-0.15, -0.1) is 6.58 Å². The van der Waals surface area contributed by atoms with Crippen molar-refractivity contribution in [3.8, 4) is 0 Å². The summed E-state index contributed by atoms with van der Waals surface area (Å²) in [6.45, 7) is 8.88. The van der Waals surface area contributed by atoms with E-state index in [2.05, 4.69) is 20.4 Å². The van der Waals surface area contributed by atoms with E-state index >= 15 is 0 Å². The van der Waals surface area contributed by atoms with Crippen molar-refractivity contribution in [2.24, 2.45) is 5.92 Å². The van der Waals surface area contributed by atoms with Gasteiger partial charge < -0.3 is 9.84 Å². The lowest BCUT2D eigenvalue weighted by atomic mass is 10.0. The van der Waals surface area contributed by atoms with Crippen molar-refractivity contribution >= 4 is 5.97 Å². The molecule has 0 saturated heterocycles. The number of ether oxygens (including phenoxy) is 1. The number of carbonyl (C=O) groups is 1. The summed E-state index contributed by atoms with van der Waals surface area (Å²) in [6.07, 6.45) is 1.72. The molecule has 1 N–H and O–H groups in total. The summed E-state index contributed by atoms with van der Waals surface area (Å²) >= 11 is 0. The molecule has 0 aromatic rings. The van der Waals surface area contributed by atoms with Gasteiger partial charge >= 0.3 is 5.97 Å². The van der Waals surface area contributed by atoms with Gasteiger partial charge in [0.25, 0.3) is 0 Å². The first-order valence-corrected chi connectivity index (χ1v) is 5.08. The van der Waals surface area contributed by atoms with Crippen LogP contribution in [0, 0.1) is 5.92 Å². The lowest BCUT2D eigenvalue weighted by Gasteiger charge is -2.31. The minimum Gasteiger partial charge on any atom is -0.480 e. The van der Waals surface area contributed by atoms with Crippen molar-refractivity contribution in [3.63, 3.8) is 0 Å². The van der Waals surface area contributed by atoms with Gasteiger partial charge in [-0.2, -0.15) is 0 Å². The monoisotopic (exact) mass is 215 g/mol. The van der Waals surface area contributed by atoms with E-state index in [1.807, 2.05) is 4.90 Å². The third kappa shape index (κ3) is 5.54. The highest BCUT2D eigenvalue weighted by Crippen LogP contribution is 2.11. The Hall–Kier alpha value is -0.870. The van der Waals surface area contributed by atoms with Crippen LogP contribution < -0.4 is 0 Å². The number of carboxylic acids is 1. The molecular weight excluding hydrogens is 194 g/mol. The number of hydrogen-bond donors (Lipinski definition) is 1. The number of rotatable bonds is 8. The average molecular weight is 215 g/mol. The molecule has 0 aromatic carbocycles. The molecule has 4 nitrogen and oxygen atoms in total. The van der Waals surface area contributed by atoms with Crippen molar-refractivity contribution in [3.05, 3.63) is 12.7 Å². The van der Waals surface area contributed by atoms with E-state index in [9.17, 15) is 4.79 Å². The van der Waals surface area contributed by atoms with Crippen LogP contribution in [0.1, 0.15) is 13.8 Å². The molecule has 0 amide bonds. The van der Waals surface area contributed by atoms with E-state index in [4.69, 9.17) is 9.84 Å². The van der Waals surface area contributed by atoms with Gasteiger partial charge in [0.1, 0.15) is 0 Å². The van der Waals surface area contributed by atoms with Gasteiger partial charge in [-0.25, -0.2) is 0 Å². The topological polar surface area (TPSA) is 49.8 Å². The number of aliphatic carboxylic acids is 1. The molecule has 0 saturated carbocycles. The van der Waals surface area contributed by atoms with E-state index in [-0.39, 0.29) is 12.6 Å². The second-order valence-corrected chi connectivity index (χ2v) is 3.88. The van der Waals surface area contributed by atoms with Crippen molar-refractivity contribution in [1.29, 1.82) is 0 Å². The highest BCUT2D eigenvalue weighted by molar-refractivity contribution is 5.69. The first kappa shape index (κ1) is 14.1. The first-order valence-electron chi connectivity index (χ1n) is 5.08. The van der Waals surface area contributed by atoms with Crippen LogP contribution in [-0.2, 0) is 9.53 Å². The maximum Gasteiger partial charge on any atom is 0.317 e. The molecule has 0 rings (SSSR count). The Kier molecular flexibility index (Phi) is 6.99. The zero-order chi connectivity index (χ0) is 11.8. The predicted molar refractivity (Wildman–Crippen MR) is 59.9 cm³/mol. The molecular formula is C11H21NO3. The largest absolute Gasteiger partial charge is 0.480 e. The number of hydrogen-bond acceptors (Lipinski definition) is 3. The molecule has 1 atom stereocenters. The predicted octanol–water partition coefficient (Wildman–Crippen LogP) is 1.23. The van der Waals surface area contributed by atoms with Crippen LogP contribution in [0.15, 0.2) is 12.7 Å². The van der Waals surface area contributed by atoms with Gasteiger partial charge in [0.2, 0.25) is 0 Å². The molecule has 0 heterocycles. The van der Waals surface area contributed by atoms with E-state index in [0.717, 1.165) is 0 Å². The van der Waals surface area contributed by atoms with E-state index in [0.29, 0.717) is 19.1 Å². The van der Waals surface area contributed by atoms with E-state index in [1.165, 1.54) is 0 Å². The Morgan fingerprint density at radius 1 is 1.60 bits per heavy atom. The quantitative estimate of drug-likeness (QED) is 0.619. The van der Waals surface area contributed by atoms with Gasteiger partial charge in [0.05, 0.1) is 13.2 Å². The van der Waals surface area contributed by atoms with Crippen molar-refractivity contribution in [2.45, 2.75) is 19.9 Å². The fourth-order valence-electron chi connectivity index (χ4n) is 1.55. The Bertz CT molecular complexity index is 204. The van der Waals surface area contributed by atoms with Crippen molar-refractivity contribution in [2.75, 3.05) is 26.8 Å². The molecule has 0 aromatic heterocycles. The standard InChI is InChI=1S/C11H21NO3/c1-5-6-12(7-11(13)14)10(8-15-4)9(2)3/h5,9-10H,1,6-8H2,2-4H3,(H,13,14). The fourth-order valence-corrected chi connectivity index (χ4v) is 1.55. The molecule has 1 unspecified atom stereocenters. The maximum absolute atomic E-state index is 10.7. The number of nitrogens with zero attached hydrogens (tertiary/aromatic N) is 1. The normalized spacial score (nSPS) is 13.1. The summed E-state index contributed by atoms with van der Waals surface area (Å²) in [5.41, 5.74) is 0. The first-order chi connectivity index (χ1) is 7.02. The Balaban J connectivity index is 4.49. The molecule has 0 aliphatic rings. The summed E-state index contributed by atoms with van der Waals surface area (Å²) in [4.78, 5) is 12.6. The van der Waals surface area contributed by atoms with Crippen LogP contribution in [0.5, 0.6) is 0 Å². The van der Waals surface area contributed by atoms with E-state index < -0.39 is 5.97 Å². The molecule has 0 bridgehead atoms. The van der Waals surface area contributed by atoms with Crippen LogP contribution in [0.25, 0.3) is 0 Å². The highest BCUT2D eigenvalue weighted by Gasteiger charge is 2.22. The fraction of sp³-hybridized carbons (Fsp3) is 0.727. The van der Waals surface area contributed by atoms with Gasteiger partial charge in [0.15, 0.2) is 0 Å². The molecule has 0 aliphatic carbocycles. The molecule has 0 aliphatic heterocycles. The maximum atomic E-state index is 10.7. The van der Waals surface area contributed by atoms with Gasteiger partial charge in [-0.3, -0.25) is 9.69 Å². The second-order valence-electron chi connectivity index (χ2n) is 3.88. The molecule has 88 valence electrons. The van der Waals surface area contributed by atoms with Crippen LogP contribution in [-0.4, -0.2) is 48.8 Å². The number of carboxylic acid groups (broad SMARTS) is 1. The molecule has 0 spiro atoms. The highest BCUT2D eigenvalue weighted by atomic mass is 16.5. The van der Waals surface area contributed by atoms with Crippen LogP contribution >= 0.6 is 0 Å². The third-order valence-corrected chi connectivity index (χ3v) is 2.28. The summed E-state index contributed by atoms with van der Waals surface area (Å²) in [7, 11) is 1.63. The Morgan fingerprint density at radius 2 is 2.20 bits per heavy atom. The van der Waals surface area contributed by atoms with Crippen LogP contribution in [0.4, 0.5) is 0 Å². The van der Waals surface area contributed by atoms with Gasteiger partial charge in [-0.05, 0) is 5.92 Å². The van der Waals surface area contributed by atoms with Crippen LogP contribution in [0.3, 0.4) is 0 Å². The smallest absolute Gasteiger partial charge is 0.317 e. The van der Waals surface area contributed by atoms with Gasteiger partial charge in [0, 0.05) is 19.7 Å². The summed E-state index contributed by atoms with van der Waals surface area (Å²) < 4.78 is 5.11. The van der Waals surface area contributed by atoms with E-state index in [1.54, 1.807) is 13.2 Å². The summed E-state index contributed by atoms with van der Waals surface area (Å²) in [5, 5.41) is 8.79.